The van der Waals surface area contributed by atoms with E-state index < -0.39 is 6.10 Å². The minimum Gasteiger partial charge on any atom is -0.397 e. The molecule has 2 aromatic rings. The van der Waals surface area contributed by atoms with Crippen LogP contribution in [0.15, 0.2) is 0 Å². The Morgan fingerprint density at radius 1 is 1.62 bits per heavy atom. The van der Waals surface area contributed by atoms with Crippen molar-refractivity contribution in [3.8, 4) is 6.07 Å². The number of amides is 1. The van der Waals surface area contributed by atoms with E-state index in [2.05, 4.69) is 5.10 Å². The molecule has 0 saturated carbocycles. The van der Waals surface area contributed by atoms with E-state index in [-0.39, 0.29) is 12.5 Å². The molecular weight excluding hydrogens is 290 g/mol. The van der Waals surface area contributed by atoms with Gasteiger partial charge in [-0.05, 0) is 6.92 Å². The van der Waals surface area contributed by atoms with Gasteiger partial charge in [-0.3, -0.25) is 9.48 Å². The first kappa shape index (κ1) is 13.9. The van der Waals surface area contributed by atoms with Crippen LogP contribution in [-0.2, 0) is 11.8 Å². The number of morpholine rings is 1. The lowest BCUT2D eigenvalue weighted by atomic mass is 10.2. The number of hydrogen-bond acceptors (Lipinski definition) is 6. The second kappa shape index (κ2) is 5.02. The molecule has 1 saturated heterocycles. The highest BCUT2D eigenvalue weighted by Gasteiger charge is 2.29. The lowest BCUT2D eigenvalue weighted by Crippen LogP contribution is -2.45. The first-order chi connectivity index (χ1) is 10.0. The molecule has 0 aliphatic carbocycles. The molecule has 1 atom stereocenters. The van der Waals surface area contributed by atoms with Crippen molar-refractivity contribution in [2.45, 2.75) is 13.0 Å². The maximum Gasteiger partial charge on any atom is 0.266 e. The maximum atomic E-state index is 12.6. The maximum absolute atomic E-state index is 12.6. The summed E-state index contributed by atoms with van der Waals surface area (Å²) in [7, 11) is 1.83. The minimum absolute atomic E-state index is 0.142. The van der Waals surface area contributed by atoms with Gasteiger partial charge in [0, 0.05) is 13.6 Å². The number of carbonyl (C=O) groups is 1. The van der Waals surface area contributed by atoms with Gasteiger partial charge in [0.15, 0.2) is 6.10 Å². The lowest BCUT2D eigenvalue weighted by Gasteiger charge is -2.29. The number of hydrogen-bond donors (Lipinski definition) is 1. The van der Waals surface area contributed by atoms with Crippen molar-refractivity contribution in [3.63, 3.8) is 0 Å². The van der Waals surface area contributed by atoms with Crippen molar-refractivity contribution < 1.29 is 9.53 Å². The number of ether oxygens (including phenoxy) is 1. The summed E-state index contributed by atoms with van der Waals surface area (Å²) in [4.78, 5) is 15.7. The zero-order chi connectivity index (χ0) is 15.1. The normalized spacial score (nSPS) is 18.9. The number of nitrogen functional groups attached to an aromatic ring is 1. The van der Waals surface area contributed by atoms with Crippen LogP contribution < -0.4 is 5.73 Å². The van der Waals surface area contributed by atoms with Crippen LogP contribution in [0.5, 0.6) is 0 Å². The molecule has 1 amide bonds. The van der Waals surface area contributed by atoms with Gasteiger partial charge in [-0.1, -0.05) is 0 Å². The topological polar surface area (TPSA) is 97.2 Å². The van der Waals surface area contributed by atoms with Crippen LogP contribution >= 0.6 is 11.3 Å². The van der Waals surface area contributed by atoms with Crippen LogP contribution in [0, 0.1) is 18.3 Å². The van der Waals surface area contributed by atoms with Gasteiger partial charge >= 0.3 is 0 Å². The number of aryl methyl sites for hydroxylation is 2. The summed E-state index contributed by atoms with van der Waals surface area (Å²) in [6, 6.07) is 2.04. The van der Waals surface area contributed by atoms with E-state index in [9.17, 15) is 4.79 Å². The summed E-state index contributed by atoms with van der Waals surface area (Å²) >= 11 is 1.34. The molecule has 1 unspecified atom stereocenters. The summed E-state index contributed by atoms with van der Waals surface area (Å²) in [5, 5.41) is 14.1. The van der Waals surface area contributed by atoms with Gasteiger partial charge in [-0.2, -0.15) is 10.4 Å². The molecule has 110 valence electrons. The molecule has 21 heavy (non-hydrogen) atoms. The summed E-state index contributed by atoms with van der Waals surface area (Å²) in [6.45, 7) is 3.00. The molecule has 7 nitrogen and oxygen atoms in total. The fourth-order valence-electron chi connectivity index (χ4n) is 2.54. The van der Waals surface area contributed by atoms with Crippen LogP contribution in [0.4, 0.5) is 5.69 Å². The van der Waals surface area contributed by atoms with Crippen LogP contribution in [-0.4, -0.2) is 46.4 Å². The van der Waals surface area contributed by atoms with Gasteiger partial charge in [0.2, 0.25) is 0 Å². The van der Waals surface area contributed by atoms with Crippen molar-refractivity contribution >= 4 is 33.1 Å². The van der Waals surface area contributed by atoms with E-state index in [1.807, 2.05) is 20.0 Å². The van der Waals surface area contributed by atoms with Gasteiger partial charge in [0.1, 0.15) is 9.71 Å². The summed E-state index contributed by atoms with van der Waals surface area (Å²) in [5.41, 5.74) is 7.44. The second-order valence-electron chi connectivity index (χ2n) is 4.97. The Hall–Kier alpha value is -2.11. The van der Waals surface area contributed by atoms with E-state index in [4.69, 9.17) is 15.7 Å². The zero-order valence-electron chi connectivity index (χ0n) is 11.8. The Kier molecular flexibility index (Phi) is 3.31. The van der Waals surface area contributed by atoms with Gasteiger partial charge in [-0.15, -0.1) is 11.3 Å². The SMILES string of the molecule is Cc1nn(C)c2sc(C(=O)N3CCOC(C#N)C3)c(N)c12. The third-order valence-electron chi connectivity index (χ3n) is 3.57. The predicted octanol–water partition coefficient (Wildman–Crippen LogP) is 0.890. The van der Waals surface area contributed by atoms with Crippen molar-refractivity contribution in [3.05, 3.63) is 10.6 Å². The standard InChI is InChI=1S/C13H15N5O2S/c1-7-9-10(15)11(21-13(9)17(2)16-7)12(19)18-3-4-20-8(5-14)6-18/h8H,3-4,6,15H2,1-2H3. The molecule has 1 fully saturated rings. The fourth-order valence-corrected chi connectivity index (χ4v) is 3.70. The molecule has 2 N–H and O–H groups in total. The highest BCUT2D eigenvalue weighted by molar-refractivity contribution is 7.21. The van der Waals surface area contributed by atoms with Crippen LogP contribution in [0.25, 0.3) is 10.2 Å². The number of aromatic nitrogens is 2. The first-order valence-corrected chi connectivity index (χ1v) is 7.36. The third kappa shape index (κ3) is 2.14. The summed E-state index contributed by atoms with van der Waals surface area (Å²) < 4.78 is 6.99. The molecule has 0 radical (unpaired) electrons. The van der Waals surface area contributed by atoms with Gasteiger partial charge in [0.25, 0.3) is 5.91 Å². The smallest absolute Gasteiger partial charge is 0.266 e. The molecule has 1 aliphatic rings. The molecule has 0 bridgehead atoms. The molecule has 8 heteroatoms. The van der Waals surface area contributed by atoms with Crippen LogP contribution in [0.1, 0.15) is 15.4 Å². The number of rotatable bonds is 1. The Morgan fingerprint density at radius 2 is 2.38 bits per heavy atom. The number of anilines is 1. The van der Waals surface area contributed by atoms with Crippen LogP contribution in [0.2, 0.25) is 0 Å². The highest BCUT2D eigenvalue weighted by Crippen LogP contribution is 2.36. The molecule has 0 spiro atoms. The van der Waals surface area contributed by atoms with Crippen molar-refractivity contribution in [2.75, 3.05) is 25.4 Å². The molecule has 0 aromatic carbocycles. The lowest BCUT2D eigenvalue weighted by molar-refractivity contribution is 0.00374. The Morgan fingerprint density at radius 3 is 3.05 bits per heavy atom. The molecule has 3 rings (SSSR count). The highest BCUT2D eigenvalue weighted by atomic mass is 32.1. The first-order valence-electron chi connectivity index (χ1n) is 6.55. The van der Waals surface area contributed by atoms with Gasteiger partial charge in [0.05, 0.1) is 36.0 Å². The number of carbonyl (C=O) groups excluding carboxylic acids is 1. The number of fused-ring (bicyclic) bond motifs is 1. The molecule has 2 aromatic heterocycles. The van der Waals surface area contributed by atoms with E-state index in [1.165, 1.54) is 11.3 Å². The monoisotopic (exact) mass is 305 g/mol. The average molecular weight is 305 g/mol. The van der Waals surface area contributed by atoms with Crippen molar-refractivity contribution in [2.24, 2.45) is 7.05 Å². The summed E-state index contributed by atoms with van der Waals surface area (Å²) in [6.07, 6.45) is -0.568. The Bertz CT molecular complexity index is 757. The Balaban J connectivity index is 1.97. The predicted molar refractivity (Wildman–Crippen MR) is 79.0 cm³/mol. The Labute approximate surface area is 125 Å². The van der Waals surface area contributed by atoms with E-state index >= 15 is 0 Å². The van der Waals surface area contributed by atoms with Gasteiger partial charge < -0.3 is 15.4 Å². The molecular formula is C13H15N5O2S. The van der Waals surface area contributed by atoms with E-state index in [1.54, 1.807) is 9.58 Å². The molecule has 1 aliphatic heterocycles. The fraction of sp³-hybridized carbons (Fsp3) is 0.462. The number of nitrogens with two attached hydrogens (primary N) is 1. The minimum atomic E-state index is -0.568. The number of nitrogens with zero attached hydrogens (tertiary/aromatic N) is 4. The quantitative estimate of drug-likeness (QED) is 0.844. The third-order valence-corrected chi connectivity index (χ3v) is 4.83. The van der Waals surface area contributed by atoms with Crippen molar-refractivity contribution in [1.82, 2.24) is 14.7 Å². The number of nitriles is 1. The number of thiophene rings is 1. The second-order valence-corrected chi connectivity index (χ2v) is 5.97. The van der Waals surface area contributed by atoms with E-state index in [0.717, 1.165) is 15.9 Å². The zero-order valence-corrected chi connectivity index (χ0v) is 12.6. The van der Waals surface area contributed by atoms with Gasteiger partial charge in [-0.25, -0.2) is 0 Å². The van der Waals surface area contributed by atoms with Crippen molar-refractivity contribution in [1.29, 1.82) is 5.26 Å². The van der Waals surface area contributed by atoms with Crippen LogP contribution in [0.3, 0.4) is 0 Å². The largest absolute Gasteiger partial charge is 0.397 e. The average Bonchev–Trinajstić information content (AvgIpc) is 2.97. The molecule has 3 heterocycles. The van der Waals surface area contributed by atoms with E-state index in [0.29, 0.717) is 23.7 Å². The summed E-state index contributed by atoms with van der Waals surface area (Å²) in [5.74, 6) is -0.142.